The van der Waals surface area contributed by atoms with E-state index in [1.165, 1.54) is 0 Å². The van der Waals surface area contributed by atoms with Crippen molar-refractivity contribution in [2.75, 3.05) is 39.3 Å². The second-order valence-electron chi connectivity index (χ2n) is 6.58. The number of nitrogens with zero attached hydrogens (tertiary/aromatic N) is 3. The number of ether oxygens (including phenoxy) is 1. The Hall–Kier alpha value is -2.35. The highest BCUT2D eigenvalue weighted by Crippen LogP contribution is 2.23. The minimum atomic E-state index is -0.0175. The number of carbonyl (C=O) groups is 1. The molecule has 1 saturated heterocycles. The molecule has 6 nitrogen and oxygen atoms in total. The molecular formula is C20H21ClN4O2S. The van der Waals surface area contributed by atoms with E-state index in [-0.39, 0.29) is 5.91 Å². The van der Waals surface area contributed by atoms with Crippen LogP contribution in [0.5, 0.6) is 5.75 Å². The maximum absolute atomic E-state index is 12.7. The van der Waals surface area contributed by atoms with Gasteiger partial charge in [0.05, 0.1) is 10.6 Å². The molecule has 3 heterocycles. The number of hydrogen-bond donors (Lipinski definition) is 1. The van der Waals surface area contributed by atoms with E-state index in [9.17, 15) is 4.79 Å². The molecule has 1 N–H and O–H groups in total. The summed E-state index contributed by atoms with van der Waals surface area (Å²) in [6, 6.07) is 13.2. The number of benzene rings is 1. The largest absolute Gasteiger partial charge is 0.492 e. The molecule has 8 heteroatoms. The number of carbonyl (C=O) groups excluding carboxylic acids is 1. The Balaban J connectivity index is 1.23. The van der Waals surface area contributed by atoms with E-state index in [2.05, 4.69) is 15.1 Å². The van der Waals surface area contributed by atoms with Crippen molar-refractivity contribution in [2.24, 2.45) is 0 Å². The molecule has 1 amide bonds. The van der Waals surface area contributed by atoms with Crippen molar-refractivity contribution >= 4 is 28.8 Å². The zero-order valence-electron chi connectivity index (χ0n) is 15.3. The highest BCUT2D eigenvalue weighted by Gasteiger charge is 2.24. The standard InChI is InChI=1S/C20H21ClN4O2S/c21-15-3-5-16(6-4-15)27-12-11-24-7-9-25(10-8-24)20(26)18-14-17(22-23-18)19-2-1-13-28-19/h1-6,13-14H,7-12H2,(H,22,23). The molecule has 0 radical (unpaired) electrons. The van der Waals surface area contributed by atoms with Gasteiger partial charge in [0.25, 0.3) is 5.91 Å². The van der Waals surface area contributed by atoms with Crippen molar-refractivity contribution in [3.63, 3.8) is 0 Å². The Morgan fingerprint density at radius 3 is 2.68 bits per heavy atom. The van der Waals surface area contributed by atoms with Gasteiger partial charge in [0.2, 0.25) is 0 Å². The average Bonchev–Trinajstić information content (AvgIpc) is 3.41. The zero-order valence-corrected chi connectivity index (χ0v) is 16.9. The highest BCUT2D eigenvalue weighted by atomic mass is 35.5. The first-order chi connectivity index (χ1) is 13.7. The summed E-state index contributed by atoms with van der Waals surface area (Å²) in [6.07, 6.45) is 0. The van der Waals surface area contributed by atoms with Gasteiger partial charge in [0.15, 0.2) is 5.69 Å². The second-order valence-corrected chi connectivity index (χ2v) is 7.96. The Labute approximate surface area is 172 Å². The van der Waals surface area contributed by atoms with E-state index in [1.807, 2.05) is 52.7 Å². The Morgan fingerprint density at radius 2 is 1.96 bits per heavy atom. The first-order valence-electron chi connectivity index (χ1n) is 9.18. The molecule has 0 spiro atoms. The quantitative estimate of drug-likeness (QED) is 0.666. The van der Waals surface area contributed by atoms with Crippen molar-refractivity contribution in [2.45, 2.75) is 0 Å². The summed E-state index contributed by atoms with van der Waals surface area (Å²) in [6.45, 7) is 4.49. The summed E-state index contributed by atoms with van der Waals surface area (Å²) < 4.78 is 5.75. The van der Waals surface area contributed by atoms with E-state index in [4.69, 9.17) is 16.3 Å². The van der Waals surface area contributed by atoms with Crippen molar-refractivity contribution < 1.29 is 9.53 Å². The Bertz CT molecular complexity index is 903. The summed E-state index contributed by atoms with van der Waals surface area (Å²) in [5.74, 6) is 0.800. The lowest BCUT2D eigenvalue weighted by atomic mass is 10.2. The molecule has 28 heavy (non-hydrogen) atoms. The number of hydrogen-bond acceptors (Lipinski definition) is 5. The molecule has 2 aromatic heterocycles. The fraction of sp³-hybridized carbons (Fsp3) is 0.300. The predicted molar refractivity (Wildman–Crippen MR) is 111 cm³/mol. The Kier molecular flexibility index (Phi) is 5.95. The zero-order chi connectivity index (χ0) is 19.3. The molecule has 1 fully saturated rings. The molecule has 146 valence electrons. The minimum absolute atomic E-state index is 0.0175. The van der Waals surface area contributed by atoms with Gasteiger partial charge in [-0.15, -0.1) is 11.3 Å². The number of aromatic nitrogens is 2. The molecule has 4 rings (SSSR count). The van der Waals surface area contributed by atoms with Crippen LogP contribution < -0.4 is 4.74 Å². The average molecular weight is 417 g/mol. The van der Waals surface area contributed by atoms with Gasteiger partial charge in [-0.3, -0.25) is 14.8 Å². The van der Waals surface area contributed by atoms with Crippen LogP contribution >= 0.6 is 22.9 Å². The van der Waals surface area contributed by atoms with Crippen LogP contribution in [0.4, 0.5) is 0 Å². The van der Waals surface area contributed by atoms with Crippen LogP contribution in [0, 0.1) is 0 Å². The van der Waals surface area contributed by atoms with Crippen LogP contribution in [0.2, 0.25) is 5.02 Å². The van der Waals surface area contributed by atoms with E-state index < -0.39 is 0 Å². The van der Waals surface area contributed by atoms with Gasteiger partial charge in [-0.05, 0) is 41.8 Å². The number of amides is 1. The number of H-pyrrole nitrogens is 1. The van der Waals surface area contributed by atoms with Gasteiger partial charge in [-0.1, -0.05) is 17.7 Å². The SMILES string of the molecule is O=C(c1cc(-c2cccs2)[nH]n1)N1CCN(CCOc2ccc(Cl)cc2)CC1. The van der Waals surface area contributed by atoms with Gasteiger partial charge in [0, 0.05) is 37.7 Å². The van der Waals surface area contributed by atoms with E-state index >= 15 is 0 Å². The number of aromatic amines is 1. The van der Waals surface area contributed by atoms with Gasteiger partial charge in [0.1, 0.15) is 12.4 Å². The van der Waals surface area contributed by atoms with Crippen molar-refractivity contribution in [1.82, 2.24) is 20.0 Å². The minimum Gasteiger partial charge on any atom is -0.492 e. The third kappa shape index (κ3) is 4.55. The predicted octanol–water partition coefficient (Wildman–Crippen LogP) is 3.63. The van der Waals surface area contributed by atoms with Crippen LogP contribution in [-0.2, 0) is 0 Å². The van der Waals surface area contributed by atoms with Gasteiger partial charge in [-0.2, -0.15) is 5.10 Å². The number of thiophene rings is 1. The topological polar surface area (TPSA) is 61.5 Å². The number of rotatable bonds is 6. The normalized spacial score (nSPS) is 15.0. The van der Waals surface area contributed by atoms with Crippen LogP contribution in [0.3, 0.4) is 0 Å². The lowest BCUT2D eigenvalue weighted by Gasteiger charge is -2.34. The van der Waals surface area contributed by atoms with E-state index in [0.29, 0.717) is 30.4 Å². The molecule has 0 bridgehead atoms. The number of halogens is 1. The first kappa shape index (κ1) is 19.0. The van der Waals surface area contributed by atoms with Crippen LogP contribution in [0.1, 0.15) is 10.5 Å². The maximum atomic E-state index is 12.7. The van der Waals surface area contributed by atoms with Gasteiger partial charge in [-0.25, -0.2) is 0 Å². The summed E-state index contributed by atoms with van der Waals surface area (Å²) >= 11 is 7.50. The molecule has 3 aromatic rings. The molecule has 1 aliphatic heterocycles. The fourth-order valence-corrected chi connectivity index (χ4v) is 3.97. The number of piperazine rings is 1. The van der Waals surface area contributed by atoms with Crippen LogP contribution in [-0.4, -0.2) is 65.2 Å². The molecule has 0 aliphatic carbocycles. The summed E-state index contributed by atoms with van der Waals surface area (Å²) in [5, 5.41) is 9.87. The maximum Gasteiger partial charge on any atom is 0.274 e. The fourth-order valence-electron chi connectivity index (χ4n) is 3.15. The molecule has 0 atom stereocenters. The first-order valence-corrected chi connectivity index (χ1v) is 10.4. The monoisotopic (exact) mass is 416 g/mol. The van der Waals surface area contributed by atoms with E-state index in [0.717, 1.165) is 36.0 Å². The third-order valence-corrected chi connectivity index (χ3v) is 5.89. The Morgan fingerprint density at radius 1 is 1.18 bits per heavy atom. The molecular weight excluding hydrogens is 396 g/mol. The third-order valence-electron chi connectivity index (χ3n) is 4.73. The summed E-state index contributed by atoms with van der Waals surface area (Å²) in [7, 11) is 0. The smallest absolute Gasteiger partial charge is 0.274 e. The second kappa shape index (κ2) is 8.77. The summed E-state index contributed by atoms with van der Waals surface area (Å²) in [4.78, 5) is 18.0. The van der Waals surface area contributed by atoms with Gasteiger partial charge < -0.3 is 9.64 Å². The lowest BCUT2D eigenvalue weighted by Crippen LogP contribution is -2.49. The molecule has 0 saturated carbocycles. The van der Waals surface area contributed by atoms with Crippen LogP contribution in [0.25, 0.3) is 10.6 Å². The van der Waals surface area contributed by atoms with Crippen molar-refractivity contribution in [3.8, 4) is 16.3 Å². The van der Waals surface area contributed by atoms with Crippen molar-refractivity contribution in [1.29, 1.82) is 0 Å². The van der Waals surface area contributed by atoms with Crippen LogP contribution in [0.15, 0.2) is 47.8 Å². The molecule has 1 aromatic carbocycles. The molecule has 0 unspecified atom stereocenters. The van der Waals surface area contributed by atoms with E-state index in [1.54, 1.807) is 11.3 Å². The molecule has 1 aliphatic rings. The lowest BCUT2D eigenvalue weighted by molar-refractivity contribution is 0.0614. The number of nitrogens with one attached hydrogen (secondary N) is 1. The summed E-state index contributed by atoms with van der Waals surface area (Å²) in [5.41, 5.74) is 1.36. The van der Waals surface area contributed by atoms with Gasteiger partial charge >= 0.3 is 0 Å². The highest BCUT2D eigenvalue weighted by molar-refractivity contribution is 7.13. The van der Waals surface area contributed by atoms with Crippen molar-refractivity contribution in [3.05, 3.63) is 58.6 Å².